The first-order chi connectivity index (χ1) is 14.6. The number of piperazine rings is 1. The van der Waals surface area contributed by atoms with E-state index in [4.69, 9.17) is 4.74 Å². The quantitative estimate of drug-likeness (QED) is 0.418. The predicted molar refractivity (Wildman–Crippen MR) is 121 cm³/mol. The smallest absolute Gasteiger partial charge is 0.221 e. The molecule has 0 unspecified atom stereocenters. The molecule has 1 saturated heterocycles. The molecule has 1 heterocycles. The molecule has 0 spiro atoms. The van der Waals surface area contributed by atoms with Gasteiger partial charge in [-0.25, -0.2) is 0 Å². The van der Waals surface area contributed by atoms with Gasteiger partial charge in [-0.1, -0.05) is 36.4 Å². The van der Waals surface area contributed by atoms with Crippen molar-refractivity contribution in [3.63, 3.8) is 0 Å². The lowest BCUT2D eigenvalue weighted by atomic mass is 10.2. The van der Waals surface area contributed by atoms with E-state index in [-0.39, 0.29) is 5.91 Å². The highest BCUT2D eigenvalue weighted by Gasteiger charge is 2.19. The van der Waals surface area contributed by atoms with Crippen LogP contribution in [0.25, 0.3) is 0 Å². The molecule has 1 aliphatic heterocycles. The zero-order valence-electron chi connectivity index (χ0n) is 17.8. The molecule has 7 nitrogen and oxygen atoms in total. The topological polar surface area (TPSA) is 69.2 Å². The normalized spacial score (nSPS) is 15.0. The molecule has 2 aromatic carbocycles. The number of amides is 1. The first kappa shape index (κ1) is 21.6. The third-order valence-electron chi connectivity index (χ3n) is 4.94. The number of rotatable bonds is 7. The molecule has 3 rings (SSSR count). The Morgan fingerprint density at radius 1 is 1.07 bits per heavy atom. The average Bonchev–Trinajstić information content (AvgIpc) is 2.75. The summed E-state index contributed by atoms with van der Waals surface area (Å²) in [5.74, 6) is 1.54. The fourth-order valence-corrected chi connectivity index (χ4v) is 3.49. The van der Waals surface area contributed by atoms with Gasteiger partial charge in [-0.05, 0) is 17.7 Å². The zero-order chi connectivity index (χ0) is 21.2. The number of nitrogens with one attached hydrogen (secondary N) is 2. The van der Waals surface area contributed by atoms with Gasteiger partial charge >= 0.3 is 0 Å². The van der Waals surface area contributed by atoms with Gasteiger partial charge in [-0.3, -0.25) is 14.7 Å². The first-order valence-electron chi connectivity index (χ1n) is 10.4. The molecule has 1 fully saturated rings. The Labute approximate surface area is 178 Å². The van der Waals surface area contributed by atoms with Crippen LogP contribution < -0.4 is 15.4 Å². The number of carbonyl (C=O) groups is 1. The van der Waals surface area contributed by atoms with Crippen molar-refractivity contribution in [2.45, 2.75) is 13.5 Å². The van der Waals surface area contributed by atoms with E-state index < -0.39 is 0 Å². The molecule has 160 valence electrons. The highest BCUT2D eigenvalue weighted by Crippen LogP contribution is 2.17. The van der Waals surface area contributed by atoms with Gasteiger partial charge in [0, 0.05) is 58.4 Å². The molecule has 1 amide bonds. The molecule has 7 heteroatoms. The molecule has 2 N–H and O–H groups in total. The van der Waals surface area contributed by atoms with Gasteiger partial charge in [-0.15, -0.1) is 0 Å². The number of hydrogen-bond acceptors (Lipinski definition) is 4. The first-order valence-corrected chi connectivity index (χ1v) is 10.4. The number of benzene rings is 2. The van der Waals surface area contributed by atoms with E-state index in [0.29, 0.717) is 13.2 Å². The molecule has 30 heavy (non-hydrogen) atoms. The molecular weight excluding hydrogens is 378 g/mol. The summed E-state index contributed by atoms with van der Waals surface area (Å²) in [6.45, 7) is 7.58. The van der Waals surface area contributed by atoms with Gasteiger partial charge in [0.15, 0.2) is 5.96 Å². The van der Waals surface area contributed by atoms with Crippen molar-refractivity contribution in [2.75, 3.05) is 51.7 Å². The SMILES string of the molecule is CN=C(NCCOc1cccc(NC(C)=O)c1)N1CCN(Cc2ccccc2)CC1. The molecule has 0 aromatic heterocycles. The van der Waals surface area contributed by atoms with Crippen molar-refractivity contribution >= 4 is 17.6 Å². The van der Waals surface area contributed by atoms with Crippen LogP contribution >= 0.6 is 0 Å². The molecule has 0 saturated carbocycles. The van der Waals surface area contributed by atoms with Crippen LogP contribution in [0.15, 0.2) is 59.6 Å². The van der Waals surface area contributed by atoms with Crippen molar-refractivity contribution in [1.29, 1.82) is 0 Å². The van der Waals surface area contributed by atoms with Crippen LogP contribution in [0.3, 0.4) is 0 Å². The Hall–Kier alpha value is -3.06. The predicted octanol–water partition coefficient (Wildman–Crippen LogP) is 2.42. The van der Waals surface area contributed by atoms with Gasteiger partial charge in [0.25, 0.3) is 0 Å². The number of hydrogen-bond donors (Lipinski definition) is 2. The van der Waals surface area contributed by atoms with Crippen molar-refractivity contribution in [3.05, 3.63) is 60.2 Å². The van der Waals surface area contributed by atoms with Crippen LogP contribution in [-0.2, 0) is 11.3 Å². The Kier molecular flexibility index (Phi) is 8.09. The Morgan fingerprint density at radius 3 is 2.53 bits per heavy atom. The Morgan fingerprint density at radius 2 is 1.83 bits per heavy atom. The standard InChI is InChI=1S/C23H31N5O2/c1-19(29)26-21-9-6-10-22(17-21)30-16-11-25-23(24-2)28-14-12-27(13-15-28)18-20-7-4-3-5-8-20/h3-10,17H,11-16,18H2,1-2H3,(H,24,25)(H,26,29). The summed E-state index contributed by atoms with van der Waals surface area (Å²) in [4.78, 5) is 20.4. The second-order valence-corrected chi connectivity index (χ2v) is 7.28. The van der Waals surface area contributed by atoms with E-state index in [1.54, 1.807) is 0 Å². The fourth-order valence-electron chi connectivity index (χ4n) is 3.49. The summed E-state index contributed by atoms with van der Waals surface area (Å²) in [6, 6.07) is 18.0. The number of guanidine groups is 1. The minimum atomic E-state index is -0.0959. The summed E-state index contributed by atoms with van der Waals surface area (Å²) < 4.78 is 5.80. The second kappa shape index (κ2) is 11.2. The summed E-state index contributed by atoms with van der Waals surface area (Å²) in [5.41, 5.74) is 2.09. The maximum Gasteiger partial charge on any atom is 0.221 e. The highest BCUT2D eigenvalue weighted by molar-refractivity contribution is 5.88. The van der Waals surface area contributed by atoms with Crippen LogP contribution in [0.2, 0.25) is 0 Å². The molecule has 2 aromatic rings. The van der Waals surface area contributed by atoms with Crippen LogP contribution in [0.1, 0.15) is 12.5 Å². The van der Waals surface area contributed by atoms with E-state index in [1.807, 2.05) is 31.3 Å². The van der Waals surface area contributed by atoms with E-state index in [9.17, 15) is 4.79 Å². The number of ether oxygens (including phenoxy) is 1. The summed E-state index contributed by atoms with van der Waals surface area (Å²) in [5, 5.41) is 6.14. The lowest BCUT2D eigenvalue weighted by Gasteiger charge is -2.36. The number of anilines is 1. The van der Waals surface area contributed by atoms with E-state index >= 15 is 0 Å². The maximum atomic E-state index is 11.2. The van der Waals surface area contributed by atoms with E-state index in [1.165, 1.54) is 12.5 Å². The molecule has 0 bridgehead atoms. The number of carbonyl (C=O) groups excluding carboxylic acids is 1. The highest BCUT2D eigenvalue weighted by atomic mass is 16.5. The molecule has 0 atom stereocenters. The van der Waals surface area contributed by atoms with Gasteiger partial charge < -0.3 is 20.3 Å². The van der Waals surface area contributed by atoms with Crippen molar-refractivity contribution in [2.24, 2.45) is 4.99 Å². The molecule has 0 radical (unpaired) electrons. The maximum absolute atomic E-state index is 11.2. The lowest BCUT2D eigenvalue weighted by molar-refractivity contribution is -0.114. The minimum absolute atomic E-state index is 0.0959. The third kappa shape index (κ3) is 6.77. The summed E-state index contributed by atoms with van der Waals surface area (Å²) in [7, 11) is 1.82. The van der Waals surface area contributed by atoms with Gasteiger partial charge in [-0.2, -0.15) is 0 Å². The van der Waals surface area contributed by atoms with Gasteiger partial charge in [0.05, 0.1) is 6.54 Å². The van der Waals surface area contributed by atoms with E-state index in [2.05, 4.69) is 55.8 Å². The fraction of sp³-hybridized carbons (Fsp3) is 0.391. The third-order valence-corrected chi connectivity index (χ3v) is 4.94. The van der Waals surface area contributed by atoms with Crippen LogP contribution in [0.5, 0.6) is 5.75 Å². The average molecular weight is 410 g/mol. The number of nitrogens with zero attached hydrogens (tertiary/aromatic N) is 3. The summed E-state index contributed by atoms with van der Waals surface area (Å²) in [6.07, 6.45) is 0. The van der Waals surface area contributed by atoms with Gasteiger partial charge in [0.2, 0.25) is 5.91 Å². The van der Waals surface area contributed by atoms with Crippen LogP contribution in [0.4, 0.5) is 5.69 Å². The molecule has 0 aliphatic carbocycles. The van der Waals surface area contributed by atoms with Crippen molar-refractivity contribution < 1.29 is 9.53 Å². The van der Waals surface area contributed by atoms with E-state index in [0.717, 1.165) is 50.1 Å². The molecular formula is C23H31N5O2. The van der Waals surface area contributed by atoms with Crippen molar-refractivity contribution in [1.82, 2.24) is 15.1 Å². The summed E-state index contributed by atoms with van der Waals surface area (Å²) >= 11 is 0. The Bertz CT molecular complexity index is 832. The zero-order valence-corrected chi connectivity index (χ0v) is 17.8. The monoisotopic (exact) mass is 409 g/mol. The lowest BCUT2D eigenvalue weighted by Crippen LogP contribution is -2.52. The largest absolute Gasteiger partial charge is 0.492 e. The van der Waals surface area contributed by atoms with Crippen molar-refractivity contribution in [3.8, 4) is 5.75 Å². The Balaban J connectivity index is 1.38. The van der Waals surface area contributed by atoms with Crippen LogP contribution in [-0.4, -0.2) is 68.0 Å². The van der Waals surface area contributed by atoms with Gasteiger partial charge in [0.1, 0.15) is 12.4 Å². The minimum Gasteiger partial charge on any atom is -0.492 e. The second-order valence-electron chi connectivity index (χ2n) is 7.28. The molecule has 1 aliphatic rings. The van der Waals surface area contributed by atoms with Crippen LogP contribution in [0, 0.1) is 0 Å². The number of aliphatic imine (C=N–C) groups is 1.